The molecule has 1 rings (SSSR count). The molecule has 41 heavy (non-hydrogen) atoms. The van der Waals surface area contributed by atoms with E-state index in [1.165, 1.54) is 0 Å². The zero-order valence-corrected chi connectivity index (χ0v) is 24.8. The number of carbonyl (C=O) groups is 3. The van der Waals surface area contributed by atoms with E-state index in [4.69, 9.17) is 0 Å². The van der Waals surface area contributed by atoms with Gasteiger partial charge < -0.3 is 36.4 Å². The van der Waals surface area contributed by atoms with Gasteiger partial charge in [0.2, 0.25) is 11.8 Å². The van der Waals surface area contributed by atoms with Crippen LogP contribution >= 0.6 is 0 Å². The van der Waals surface area contributed by atoms with Gasteiger partial charge in [-0.05, 0) is 44.1 Å². The van der Waals surface area contributed by atoms with Crippen LogP contribution < -0.4 is 21.3 Å². The summed E-state index contributed by atoms with van der Waals surface area (Å²) in [7, 11) is -1.79. The molecule has 0 fully saturated rings. The number of rotatable bonds is 18. The number of hydrogen-bond donors (Lipinski definition) is 7. The molecule has 12 heteroatoms. The van der Waals surface area contributed by atoms with Crippen LogP contribution in [-0.2, 0) is 20.8 Å². The predicted molar refractivity (Wildman–Crippen MR) is 158 cm³/mol. The molecule has 0 heterocycles. The lowest BCUT2D eigenvalue weighted by Gasteiger charge is -2.27. The molecule has 1 aromatic carbocycles. The lowest BCUT2D eigenvalue weighted by molar-refractivity contribution is -0.125. The zero-order valence-electron chi connectivity index (χ0n) is 24.8. The van der Waals surface area contributed by atoms with Gasteiger partial charge in [-0.1, -0.05) is 64.1 Å². The highest BCUT2D eigenvalue weighted by Crippen LogP contribution is 2.08. The minimum absolute atomic E-state index is 0.0542. The summed E-state index contributed by atoms with van der Waals surface area (Å²) >= 11 is 0. The van der Waals surface area contributed by atoms with Crippen LogP contribution in [0, 0.1) is 23.2 Å². The third kappa shape index (κ3) is 14.3. The van der Waals surface area contributed by atoms with E-state index in [9.17, 15) is 34.8 Å². The van der Waals surface area contributed by atoms with Crippen LogP contribution in [0.2, 0.25) is 0 Å². The molecule has 3 amide bonds. The van der Waals surface area contributed by atoms with E-state index < -0.39 is 43.1 Å². The van der Waals surface area contributed by atoms with Crippen molar-refractivity contribution in [2.45, 2.75) is 84.4 Å². The van der Waals surface area contributed by atoms with E-state index in [2.05, 4.69) is 21.3 Å². The molecule has 0 aliphatic carbocycles. The van der Waals surface area contributed by atoms with E-state index in [0.717, 1.165) is 5.56 Å². The Hall–Kier alpha value is -3.24. The number of nitrogens with zero attached hydrogens (tertiary/aromatic N) is 1. The van der Waals surface area contributed by atoms with Crippen molar-refractivity contribution >= 4 is 24.8 Å². The maximum atomic E-state index is 13.3. The minimum atomic E-state index is -1.79. The molecule has 11 nitrogen and oxygen atoms in total. The maximum Gasteiger partial charge on any atom is 0.475 e. The Morgan fingerprint density at radius 2 is 1.66 bits per heavy atom. The quantitative estimate of drug-likeness (QED) is 0.0578. The smallest absolute Gasteiger partial charge is 0.426 e. The third-order valence-corrected chi connectivity index (χ3v) is 6.39. The number of nitrogens with one attached hydrogen (secondary N) is 4. The van der Waals surface area contributed by atoms with Crippen LogP contribution in [0.25, 0.3) is 0 Å². The number of amides is 3. The standard InChI is InChI=1S/C29H46BN5O6/c1-19(2)15-23(17-31)28(38)32-14-10-9-13-24(33-18-25(21(5)36)34-27(37)20(3)4)29(39)35-26(30(40)41)16-22-11-7-6-8-12-22/h6-8,11-12,15,19-21,24-26,33,36,40-41H,9-10,13-14,16,18H2,1-5H3,(H,32,38)(H,34,37)(H,35,39). The first-order valence-corrected chi connectivity index (χ1v) is 14.2. The van der Waals surface area contributed by atoms with Crippen molar-refractivity contribution in [1.82, 2.24) is 21.3 Å². The molecule has 4 unspecified atom stereocenters. The number of allylic oxidation sites excluding steroid dienone is 1. The molecular weight excluding hydrogens is 525 g/mol. The number of hydrogen-bond acceptors (Lipinski definition) is 8. The first kappa shape index (κ1) is 35.8. The van der Waals surface area contributed by atoms with Gasteiger partial charge in [0, 0.05) is 19.0 Å². The van der Waals surface area contributed by atoms with Gasteiger partial charge in [-0.25, -0.2) is 0 Å². The molecule has 0 aliphatic heterocycles. The topological polar surface area (TPSA) is 184 Å². The summed E-state index contributed by atoms with van der Waals surface area (Å²) in [5.41, 5.74) is 0.874. The molecule has 0 saturated carbocycles. The van der Waals surface area contributed by atoms with Gasteiger partial charge in [0.1, 0.15) is 11.6 Å². The number of nitriles is 1. The second kappa shape index (κ2) is 19.0. The molecule has 0 aliphatic rings. The molecule has 0 saturated heterocycles. The molecule has 0 bridgehead atoms. The van der Waals surface area contributed by atoms with Gasteiger partial charge in [-0.3, -0.25) is 14.4 Å². The fourth-order valence-electron chi connectivity index (χ4n) is 3.94. The minimum Gasteiger partial charge on any atom is -0.426 e. The zero-order chi connectivity index (χ0) is 30.9. The fraction of sp³-hybridized carbons (Fsp3) is 0.586. The lowest BCUT2D eigenvalue weighted by Crippen LogP contribution is -2.57. The van der Waals surface area contributed by atoms with Gasteiger partial charge >= 0.3 is 7.12 Å². The number of benzene rings is 1. The van der Waals surface area contributed by atoms with Gasteiger partial charge in [0.05, 0.1) is 24.1 Å². The van der Waals surface area contributed by atoms with Gasteiger partial charge in [0.25, 0.3) is 5.91 Å². The fourth-order valence-corrected chi connectivity index (χ4v) is 3.94. The number of carbonyl (C=O) groups excluding carboxylic acids is 3. The van der Waals surface area contributed by atoms with E-state index in [-0.39, 0.29) is 36.3 Å². The number of unbranched alkanes of at least 4 members (excludes halogenated alkanes) is 1. The Morgan fingerprint density at radius 1 is 1.00 bits per heavy atom. The number of aliphatic hydroxyl groups is 1. The molecule has 7 N–H and O–H groups in total. The van der Waals surface area contributed by atoms with E-state index in [0.29, 0.717) is 25.8 Å². The summed E-state index contributed by atoms with van der Waals surface area (Å²) < 4.78 is 0. The highest BCUT2D eigenvalue weighted by molar-refractivity contribution is 6.43. The van der Waals surface area contributed by atoms with Crippen LogP contribution in [0.3, 0.4) is 0 Å². The first-order valence-electron chi connectivity index (χ1n) is 14.2. The van der Waals surface area contributed by atoms with E-state index in [1.54, 1.807) is 26.8 Å². The molecule has 226 valence electrons. The van der Waals surface area contributed by atoms with Crippen molar-refractivity contribution in [2.24, 2.45) is 11.8 Å². The largest absolute Gasteiger partial charge is 0.475 e. The first-order chi connectivity index (χ1) is 19.3. The SMILES string of the molecule is CC(C)C=C(C#N)C(=O)NCCCCC(NCC(NC(=O)C(C)C)C(C)O)C(=O)NC(Cc1ccccc1)B(O)O. The summed E-state index contributed by atoms with van der Waals surface area (Å²) in [5, 5.41) is 50.6. The van der Waals surface area contributed by atoms with Crippen LogP contribution in [-0.4, -0.2) is 77.2 Å². The predicted octanol–water partition coefficient (Wildman–Crippen LogP) is 0.598. The molecular formula is C29H46BN5O6. The molecule has 0 spiro atoms. The normalized spacial score (nSPS) is 14.5. The van der Waals surface area contributed by atoms with Crippen LogP contribution in [0.15, 0.2) is 42.0 Å². The Balaban J connectivity index is 2.89. The van der Waals surface area contributed by atoms with Crippen molar-refractivity contribution in [1.29, 1.82) is 5.26 Å². The highest BCUT2D eigenvalue weighted by Gasteiger charge is 2.29. The Bertz CT molecular complexity index is 1030. The van der Waals surface area contributed by atoms with Gasteiger partial charge in [-0.15, -0.1) is 0 Å². The summed E-state index contributed by atoms with van der Waals surface area (Å²) in [6.45, 7) is 9.17. The summed E-state index contributed by atoms with van der Waals surface area (Å²) in [4.78, 5) is 37.8. The third-order valence-electron chi connectivity index (χ3n) is 6.39. The molecule has 1 aromatic rings. The van der Waals surface area contributed by atoms with Crippen molar-refractivity contribution in [3.8, 4) is 6.07 Å². The summed E-state index contributed by atoms with van der Waals surface area (Å²) in [5.74, 6) is -2.33. The van der Waals surface area contributed by atoms with E-state index >= 15 is 0 Å². The lowest BCUT2D eigenvalue weighted by atomic mass is 9.75. The Labute approximate surface area is 243 Å². The second-order valence-corrected chi connectivity index (χ2v) is 10.9. The maximum absolute atomic E-state index is 13.3. The van der Waals surface area contributed by atoms with Crippen LogP contribution in [0.1, 0.15) is 59.4 Å². The summed E-state index contributed by atoms with van der Waals surface area (Å²) in [6.07, 6.45) is 2.29. The van der Waals surface area contributed by atoms with Crippen molar-refractivity contribution < 1.29 is 29.5 Å². The van der Waals surface area contributed by atoms with Crippen molar-refractivity contribution in [3.63, 3.8) is 0 Å². The average Bonchev–Trinajstić information content (AvgIpc) is 2.91. The van der Waals surface area contributed by atoms with Crippen LogP contribution in [0.4, 0.5) is 0 Å². The summed E-state index contributed by atoms with van der Waals surface area (Å²) in [6, 6.07) is 9.60. The molecule has 0 radical (unpaired) electrons. The Kier molecular flexibility index (Phi) is 16.6. The average molecular weight is 572 g/mol. The van der Waals surface area contributed by atoms with E-state index in [1.807, 2.05) is 50.2 Å². The second-order valence-electron chi connectivity index (χ2n) is 10.9. The van der Waals surface area contributed by atoms with Crippen LogP contribution in [0.5, 0.6) is 0 Å². The molecule has 0 aromatic heterocycles. The highest BCUT2D eigenvalue weighted by atomic mass is 16.4. The van der Waals surface area contributed by atoms with Gasteiger partial charge in [-0.2, -0.15) is 5.26 Å². The monoisotopic (exact) mass is 571 g/mol. The number of aliphatic hydroxyl groups excluding tert-OH is 1. The van der Waals surface area contributed by atoms with Crippen molar-refractivity contribution in [2.75, 3.05) is 13.1 Å². The molecule has 4 atom stereocenters. The van der Waals surface area contributed by atoms with Gasteiger partial charge in [0.15, 0.2) is 0 Å². The van der Waals surface area contributed by atoms with Crippen molar-refractivity contribution in [3.05, 3.63) is 47.5 Å². The Morgan fingerprint density at radius 3 is 2.20 bits per heavy atom.